The second-order valence-electron chi connectivity index (χ2n) is 2.66. The quantitative estimate of drug-likeness (QED) is 0.599. The van der Waals surface area contributed by atoms with Gasteiger partial charge < -0.3 is 10.1 Å². The minimum atomic E-state index is 0.730. The molecule has 4 nitrogen and oxygen atoms in total. The van der Waals surface area contributed by atoms with Gasteiger partial charge >= 0.3 is 0 Å². The third kappa shape index (κ3) is 2.51. The Labute approximate surface area is 88.5 Å². The average Bonchev–Trinajstić information content (AvgIpc) is 2.25. The molecular weight excluding hydrogens is 198 g/mol. The van der Waals surface area contributed by atoms with E-state index in [1.165, 1.54) is 0 Å². The molecule has 5 heteroatoms. The van der Waals surface area contributed by atoms with Crippen molar-refractivity contribution in [2.45, 2.75) is 18.4 Å². The number of ether oxygens (including phenoxy) is 1. The summed E-state index contributed by atoms with van der Waals surface area (Å²) < 4.78 is 5.26. The molecule has 0 saturated carbocycles. The van der Waals surface area contributed by atoms with Crippen LogP contribution in [0.3, 0.4) is 0 Å². The Kier molecular flexibility index (Phi) is 4.52. The van der Waals surface area contributed by atoms with E-state index in [0.717, 1.165) is 28.8 Å². The van der Waals surface area contributed by atoms with Crippen molar-refractivity contribution in [2.75, 3.05) is 25.2 Å². The molecule has 0 saturated heterocycles. The van der Waals surface area contributed by atoms with E-state index < -0.39 is 0 Å². The summed E-state index contributed by atoms with van der Waals surface area (Å²) >= 11 is 1.69. The second kappa shape index (κ2) is 5.70. The molecule has 1 rings (SSSR count). The number of hydrogen-bond acceptors (Lipinski definition) is 5. The lowest BCUT2D eigenvalue weighted by Crippen LogP contribution is -2.00. The number of nitrogens with one attached hydrogen (secondary N) is 1. The zero-order valence-corrected chi connectivity index (χ0v) is 9.52. The van der Waals surface area contributed by atoms with Crippen molar-refractivity contribution in [3.63, 3.8) is 0 Å². The van der Waals surface area contributed by atoms with Gasteiger partial charge in [-0.15, -0.1) is 11.8 Å². The van der Waals surface area contributed by atoms with Gasteiger partial charge in [0.05, 0.1) is 7.11 Å². The first-order chi connectivity index (χ1) is 6.83. The highest BCUT2D eigenvalue weighted by Gasteiger charge is 2.10. The number of thioether (sulfide) groups is 1. The highest BCUT2D eigenvalue weighted by molar-refractivity contribution is 7.99. The summed E-state index contributed by atoms with van der Waals surface area (Å²) in [5.74, 6) is 2.51. The first-order valence-electron chi connectivity index (χ1n) is 4.53. The Balaban J connectivity index is 2.90. The zero-order valence-electron chi connectivity index (χ0n) is 8.70. The van der Waals surface area contributed by atoms with Crippen molar-refractivity contribution in [1.82, 2.24) is 9.97 Å². The highest BCUT2D eigenvalue weighted by atomic mass is 32.2. The van der Waals surface area contributed by atoms with Gasteiger partial charge in [0.25, 0.3) is 0 Å². The van der Waals surface area contributed by atoms with Crippen LogP contribution in [0, 0.1) is 0 Å². The monoisotopic (exact) mass is 213 g/mol. The minimum absolute atomic E-state index is 0.730. The van der Waals surface area contributed by atoms with E-state index >= 15 is 0 Å². The predicted molar refractivity (Wildman–Crippen MR) is 59.1 cm³/mol. The van der Waals surface area contributed by atoms with Crippen molar-refractivity contribution < 1.29 is 4.74 Å². The van der Waals surface area contributed by atoms with Crippen LogP contribution in [-0.4, -0.2) is 29.9 Å². The van der Waals surface area contributed by atoms with Gasteiger partial charge in [0.1, 0.15) is 11.4 Å². The van der Waals surface area contributed by atoms with Crippen LogP contribution in [0.5, 0.6) is 5.75 Å². The molecule has 1 heterocycles. The maximum atomic E-state index is 5.26. The molecule has 1 aromatic heterocycles. The molecule has 0 aliphatic carbocycles. The van der Waals surface area contributed by atoms with Gasteiger partial charge in [-0.1, -0.05) is 6.92 Å². The SMILES string of the molecule is CCCSc1ncnc(NC)c1OC. The van der Waals surface area contributed by atoms with Crippen LogP contribution < -0.4 is 10.1 Å². The number of nitrogens with zero attached hydrogens (tertiary/aromatic N) is 2. The standard InChI is InChI=1S/C9H15N3OS/c1-4-5-14-9-7(13-3)8(10-2)11-6-12-9/h6H,4-5H2,1-3H3,(H,10,11,12). The van der Waals surface area contributed by atoms with E-state index in [1.54, 1.807) is 25.2 Å². The summed E-state index contributed by atoms with van der Waals surface area (Å²) in [5.41, 5.74) is 0. The van der Waals surface area contributed by atoms with Crippen LogP contribution in [-0.2, 0) is 0 Å². The number of methoxy groups -OCH3 is 1. The van der Waals surface area contributed by atoms with Crippen molar-refractivity contribution in [3.8, 4) is 5.75 Å². The Morgan fingerprint density at radius 1 is 1.50 bits per heavy atom. The summed E-state index contributed by atoms with van der Waals surface area (Å²) in [6, 6.07) is 0. The zero-order chi connectivity index (χ0) is 10.4. The molecule has 14 heavy (non-hydrogen) atoms. The summed E-state index contributed by atoms with van der Waals surface area (Å²) in [4.78, 5) is 8.26. The van der Waals surface area contributed by atoms with Gasteiger partial charge in [-0.2, -0.15) is 0 Å². The molecule has 0 spiro atoms. The van der Waals surface area contributed by atoms with E-state index in [0.29, 0.717) is 0 Å². The molecular formula is C9H15N3OS. The van der Waals surface area contributed by atoms with Crippen molar-refractivity contribution in [3.05, 3.63) is 6.33 Å². The number of rotatable bonds is 5. The topological polar surface area (TPSA) is 47.0 Å². The maximum absolute atomic E-state index is 5.26. The van der Waals surface area contributed by atoms with Crippen LogP contribution in [0.2, 0.25) is 0 Å². The van der Waals surface area contributed by atoms with Crippen molar-refractivity contribution >= 4 is 17.6 Å². The van der Waals surface area contributed by atoms with E-state index in [1.807, 2.05) is 7.05 Å². The smallest absolute Gasteiger partial charge is 0.193 e. The van der Waals surface area contributed by atoms with E-state index in [9.17, 15) is 0 Å². The van der Waals surface area contributed by atoms with Crippen LogP contribution in [0.4, 0.5) is 5.82 Å². The van der Waals surface area contributed by atoms with Gasteiger partial charge in [0.2, 0.25) is 0 Å². The molecule has 0 fully saturated rings. The van der Waals surface area contributed by atoms with Crippen LogP contribution >= 0.6 is 11.8 Å². The lowest BCUT2D eigenvalue weighted by Gasteiger charge is -2.09. The first-order valence-corrected chi connectivity index (χ1v) is 5.51. The number of anilines is 1. The normalized spacial score (nSPS) is 9.93. The molecule has 0 radical (unpaired) electrons. The molecule has 0 amide bonds. The summed E-state index contributed by atoms with van der Waals surface area (Å²) in [7, 11) is 3.45. The van der Waals surface area contributed by atoms with Crippen LogP contribution in [0.25, 0.3) is 0 Å². The molecule has 0 aromatic carbocycles. The summed E-state index contributed by atoms with van der Waals surface area (Å²) in [6.45, 7) is 2.14. The molecule has 0 bridgehead atoms. The molecule has 0 unspecified atom stereocenters. The first kappa shape index (κ1) is 11.1. The van der Waals surface area contributed by atoms with E-state index in [4.69, 9.17) is 4.74 Å². The fourth-order valence-corrected chi connectivity index (χ4v) is 1.85. The molecule has 1 N–H and O–H groups in total. The van der Waals surface area contributed by atoms with Gasteiger partial charge in [0.15, 0.2) is 11.6 Å². The van der Waals surface area contributed by atoms with Gasteiger partial charge in [-0.05, 0) is 12.2 Å². The molecule has 0 aliphatic heterocycles. The van der Waals surface area contributed by atoms with E-state index in [2.05, 4.69) is 22.2 Å². The average molecular weight is 213 g/mol. The third-order valence-electron chi connectivity index (χ3n) is 1.65. The van der Waals surface area contributed by atoms with Crippen molar-refractivity contribution in [2.24, 2.45) is 0 Å². The Bertz CT molecular complexity index is 293. The number of hydrogen-bond donors (Lipinski definition) is 1. The molecule has 78 valence electrons. The van der Waals surface area contributed by atoms with Crippen molar-refractivity contribution in [1.29, 1.82) is 0 Å². The van der Waals surface area contributed by atoms with Crippen LogP contribution in [0.15, 0.2) is 11.4 Å². The van der Waals surface area contributed by atoms with Gasteiger partial charge in [-0.3, -0.25) is 0 Å². The Hall–Kier alpha value is -0.970. The predicted octanol–water partition coefficient (Wildman–Crippen LogP) is 2.03. The van der Waals surface area contributed by atoms with Gasteiger partial charge in [-0.25, -0.2) is 9.97 Å². The fourth-order valence-electron chi connectivity index (χ4n) is 1.02. The third-order valence-corrected chi connectivity index (χ3v) is 2.83. The molecule has 0 aliphatic rings. The van der Waals surface area contributed by atoms with Crippen LogP contribution in [0.1, 0.15) is 13.3 Å². The lowest BCUT2D eigenvalue weighted by atomic mass is 10.5. The second-order valence-corrected chi connectivity index (χ2v) is 3.74. The van der Waals surface area contributed by atoms with Gasteiger partial charge in [0, 0.05) is 7.05 Å². The maximum Gasteiger partial charge on any atom is 0.193 e. The summed E-state index contributed by atoms with van der Waals surface area (Å²) in [6.07, 6.45) is 2.67. The van der Waals surface area contributed by atoms with E-state index in [-0.39, 0.29) is 0 Å². The largest absolute Gasteiger partial charge is 0.490 e. The Morgan fingerprint density at radius 2 is 2.29 bits per heavy atom. The minimum Gasteiger partial charge on any atom is -0.490 e. The molecule has 0 atom stereocenters. The highest BCUT2D eigenvalue weighted by Crippen LogP contribution is 2.31. The fraction of sp³-hybridized carbons (Fsp3) is 0.556. The lowest BCUT2D eigenvalue weighted by molar-refractivity contribution is 0.400. The summed E-state index contributed by atoms with van der Waals surface area (Å²) in [5, 5.41) is 3.87. The Morgan fingerprint density at radius 3 is 2.86 bits per heavy atom. The molecule has 1 aromatic rings. The number of aromatic nitrogens is 2.